The van der Waals surface area contributed by atoms with Crippen molar-refractivity contribution in [3.05, 3.63) is 121 Å². The third-order valence-corrected chi connectivity index (χ3v) is 10.4. The van der Waals surface area contributed by atoms with Crippen molar-refractivity contribution < 1.29 is 0 Å². The molecule has 0 aliphatic rings. The van der Waals surface area contributed by atoms with Crippen LogP contribution in [-0.2, 0) is 0 Å². The number of nitrogens with one attached hydrogen (secondary N) is 2. The molecule has 4 aromatic rings. The zero-order valence-corrected chi connectivity index (χ0v) is 21.3. The molecule has 33 heavy (non-hydrogen) atoms. The molecule has 0 fully saturated rings. The normalized spacial score (nSPS) is 11.2. The Morgan fingerprint density at radius 1 is 0.424 bits per heavy atom. The summed E-state index contributed by atoms with van der Waals surface area (Å²) in [6.07, 6.45) is 0. The molecule has 0 bridgehead atoms. The van der Waals surface area contributed by atoms with Gasteiger partial charge in [0.1, 0.15) is 0 Å². The van der Waals surface area contributed by atoms with Crippen LogP contribution in [0.25, 0.3) is 0 Å². The minimum Gasteiger partial charge on any atom is -0.288 e. The summed E-state index contributed by atoms with van der Waals surface area (Å²) in [6, 6.07) is 43.3. The zero-order valence-electron chi connectivity index (χ0n) is 18.7. The molecule has 0 heterocycles. The van der Waals surface area contributed by atoms with Crippen molar-refractivity contribution in [1.82, 2.24) is 10.2 Å². The van der Waals surface area contributed by atoms with E-state index in [0.29, 0.717) is 0 Å². The fourth-order valence-electron chi connectivity index (χ4n) is 3.53. The fraction of sp³-hybridized carbons (Fsp3) is 0.143. The first kappa shape index (κ1) is 24.1. The van der Waals surface area contributed by atoms with Crippen LogP contribution in [0.15, 0.2) is 121 Å². The third-order valence-electron chi connectivity index (χ3n) is 5.09. The summed E-state index contributed by atoms with van der Waals surface area (Å²) < 4.78 is 0. The van der Waals surface area contributed by atoms with Gasteiger partial charge in [0.15, 0.2) is 0 Å². The van der Waals surface area contributed by atoms with E-state index in [1.807, 2.05) is 11.8 Å². The summed E-state index contributed by atoms with van der Waals surface area (Å²) in [5.41, 5.74) is 0. The maximum Gasteiger partial charge on any atom is 0.0253 e. The lowest BCUT2D eigenvalue weighted by molar-refractivity contribution is 1.02. The van der Waals surface area contributed by atoms with Crippen LogP contribution >= 0.6 is 27.9 Å². The average molecular weight is 489 g/mol. The van der Waals surface area contributed by atoms with Gasteiger partial charge in [-0.2, -0.15) is 11.8 Å². The molecule has 5 heteroatoms. The number of hydrogen-bond donors (Lipinski definition) is 2. The summed E-state index contributed by atoms with van der Waals surface area (Å²) in [5, 5.41) is 13.2. The molecule has 0 unspecified atom stereocenters. The Morgan fingerprint density at radius 2 is 0.697 bits per heavy atom. The van der Waals surface area contributed by atoms with Crippen molar-refractivity contribution in [3.8, 4) is 0 Å². The molecule has 0 saturated carbocycles. The van der Waals surface area contributed by atoms with E-state index in [-0.39, 0.29) is 0 Å². The summed E-state index contributed by atoms with van der Waals surface area (Å²) >= 11 is 2.01. The van der Waals surface area contributed by atoms with E-state index in [0.717, 1.165) is 24.6 Å². The van der Waals surface area contributed by atoms with Crippen LogP contribution in [0.1, 0.15) is 0 Å². The molecule has 4 rings (SSSR count). The Kier molecular flexibility index (Phi) is 9.99. The summed E-state index contributed by atoms with van der Waals surface area (Å²) in [7, 11) is -1.04. The standard InChI is InChI=1S/C28H30N2P2S/c1-5-13-25(14-6-1)31(26-15-7-2-8-16-26)29-21-23-33-24-22-30-32(27-17-9-3-10-18-27)28-19-11-4-12-20-28/h1-20,29-30H,21-24H2. The average Bonchev–Trinajstić information content (AvgIpc) is 2.90. The van der Waals surface area contributed by atoms with Gasteiger partial charge in [-0.1, -0.05) is 121 Å². The second-order valence-electron chi connectivity index (χ2n) is 7.44. The molecule has 0 amide bonds. The predicted octanol–water partition coefficient (Wildman–Crippen LogP) is 4.99. The smallest absolute Gasteiger partial charge is 0.0253 e. The largest absolute Gasteiger partial charge is 0.288 e. The lowest BCUT2D eigenvalue weighted by Crippen LogP contribution is -2.26. The molecule has 0 aliphatic carbocycles. The van der Waals surface area contributed by atoms with Crippen molar-refractivity contribution in [2.45, 2.75) is 0 Å². The summed E-state index contributed by atoms with van der Waals surface area (Å²) in [6.45, 7) is 2.01. The Hall–Kier alpha value is -1.99. The van der Waals surface area contributed by atoms with Crippen molar-refractivity contribution >= 4 is 49.1 Å². The van der Waals surface area contributed by atoms with Crippen molar-refractivity contribution in [2.75, 3.05) is 24.6 Å². The van der Waals surface area contributed by atoms with Crippen LogP contribution in [0.4, 0.5) is 0 Å². The lowest BCUT2D eigenvalue weighted by Gasteiger charge is -2.21. The van der Waals surface area contributed by atoms with Gasteiger partial charge >= 0.3 is 0 Å². The number of benzene rings is 4. The number of thioether (sulfide) groups is 1. The van der Waals surface area contributed by atoms with E-state index in [4.69, 9.17) is 0 Å². The molecule has 0 atom stereocenters. The van der Waals surface area contributed by atoms with Gasteiger partial charge in [-0.3, -0.25) is 10.2 Å². The molecule has 2 N–H and O–H groups in total. The Labute approximate surface area is 204 Å². The van der Waals surface area contributed by atoms with E-state index in [2.05, 4.69) is 132 Å². The third kappa shape index (κ3) is 7.51. The van der Waals surface area contributed by atoms with Crippen LogP contribution in [0.3, 0.4) is 0 Å². The Balaban J connectivity index is 1.25. The highest BCUT2D eigenvalue weighted by Crippen LogP contribution is 2.29. The zero-order chi connectivity index (χ0) is 22.6. The van der Waals surface area contributed by atoms with Gasteiger partial charge in [-0.15, -0.1) is 0 Å². The number of hydrogen-bond acceptors (Lipinski definition) is 3. The maximum absolute atomic E-state index is 3.83. The molecule has 0 radical (unpaired) electrons. The van der Waals surface area contributed by atoms with E-state index in [9.17, 15) is 0 Å². The summed E-state index contributed by atoms with van der Waals surface area (Å²) in [5.74, 6) is 2.21. The molecule has 0 aromatic heterocycles. The Morgan fingerprint density at radius 3 is 0.970 bits per heavy atom. The number of rotatable bonds is 12. The Bertz CT molecular complexity index is 884. The molecule has 0 saturated heterocycles. The van der Waals surface area contributed by atoms with E-state index >= 15 is 0 Å². The maximum atomic E-state index is 3.83. The molecule has 0 spiro atoms. The topological polar surface area (TPSA) is 24.1 Å². The second-order valence-corrected chi connectivity index (χ2v) is 12.7. The second kappa shape index (κ2) is 13.7. The first-order chi connectivity index (χ1) is 16.4. The quantitative estimate of drug-likeness (QED) is 0.217. The molecular formula is C28H30N2P2S. The van der Waals surface area contributed by atoms with Gasteiger partial charge in [0.2, 0.25) is 0 Å². The molecular weight excluding hydrogens is 458 g/mol. The van der Waals surface area contributed by atoms with Gasteiger partial charge in [0.25, 0.3) is 0 Å². The highest BCUT2D eigenvalue weighted by molar-refractivity contribution is 7.99. The van der Waals surface area contributed by atoms with Gasteiger partial charge in [-0.25, -0.2) is 0 Å². The van der Waals surface area contributed by atoms with Crippen molar-refractivity contribution in [3.63, 3.8) is 0 Å². The van der Waals surface area contributed by atoms with E-state index in [1.54, 1.807) is 0 Å². The SMILES string of the molecule is c1ccc(P(NCCSCCNP(c2ccccc2)c2ccccc2)c2ccccc2)cc1. The molecule has 168 valence electrons. The van der Waals surface area contributed by atoms with Gasteiger partial charge in [0, 0.05) is 40.7 Å². The van der Waals surface area contributed by atoms with E-state index in [1.165, 1.54) is 21.2 Å². The van der Waals surface area contributed by atoms with Crippen LogP contribution < -0.4 is 31.4 Å². The fourth-order valence-corrected chi connectivity index (χ4v) is 8.41. The monoisotopic (exact) mass is 488 g/mol. The van der Waals surface area contributed by atoms with E-state index < -0.39 is 16.1 Å². The molecule has 0 aliphatic heterocycles. The highest BCUT2D eigenvalue weighted by atomic mass is 32.2. The van der Waals surface area contributed by atoms with Crippen LogP contribution in [-0.4, -0.2) is 24.6 Å². The first-order valence-corrected chi connectivity index (χ1v) is 15.1. The molecule has 4 aromatic carbocycles. The van der Waals surface area contributed by atoms with Gasteiger partial charge in [0.05, 0.1) is 0 Å². The first-order valence-electron chi connectivity index (χ1n) is 11.3. The van der Waals surface area contributed by atoms with Crippen LogP contribution in [0.2, 0.25) is 0 Å². The van der Waals surface area contributed by atoms with Gasteiger partial charge < -0.3 is 0 Å². The lowest BCUT2D eigenvalue weighted by atomic mass is 10.4. The molecule has 2 nitrogen and oxygen atoms in total. The van der Waals surface area contributed by atoms with Crippen molar-refractivity contribution in [1.29, 1.82) is 0 Å². The minimum absolute atomic E-state index is 0.522. The van der Waals surface area contributed by atoms with Crippen LogP contribution in [0, 0.1) is 0 Å². The summed E-state index contributed by atoms with van der Waals surface area (Å²) in [4.78, 5) is 0. The highest BCUT2D eigenvalue weighted by Gasteiger charge is 2.14. The van der Waals surface area contributed by atoms with Gasteiger partial charge in [-0.05, 0) is 21.2 Å². The predicted molar refractivity (Wildman–Crippen MR) is 151 cm³/mol. The van der Waals surface area contributed by atoms with Crippen LogP contribution in [0.5, 0.6) is 0 Å². The van der Waals surface area contributed by atoms with Crippen molar-refractivity contribution in [2.24, 2.45) is 0 Å². The minimum atomic E-state index is -0.522.